The molecule has 1 aromatic heterocycles. The van der Waals surface area contributed by atoms with Gasteiger partial charge in [0.2, 0.25) is 0 Å². The van der Waals surface area contributed by atoms with Crippen LogP contribution in [0.1, 0.15) is 25.3 Å². The van der Waals surface area contributed by atoms with Crippen LogP contribution in [0.15, 0.2) is 12.3 Å². The standard InChI is InChI=1S/C12H19N3S/c1-9-6-11(14-7-10(9)13)15-8-12(2)4-3-5-16-12/h6-7H,3-5,8,13H2,1-2H3,(H,14,15). The zero-order chi connectivity index (χ0) is 11.6. The van der Waals surface area contributed by atoms with Gasteiger partial charge >= 0.3 is 0 Å². The van der Waals surface area contributed by atoms with Crippen LogP contribution in [0.3, 0.4) is 0 Å². The number of aromatic nitrogens is 1. The molecule has 1 saturated heterocycles. The number of nitrogens with zero attached hydrogens (tertiary/aromatic N) is 1. The molecule has 1 fully saturated rings. The van der Waals surface area contributed by atoms with Crippen molar-refractivity contribution >= 4 is 23.3 Å². The Balaban J connectivity index is 1.96. The van der Waals surface area contributed by atoms with Crippen molar-refractivity contribution in [3.8, 4) is 0 Å². The summed E-state index contributed by atoms with van der Waals surface area (Å²) in [5, 5.41) is 3.41. The Bertz CT molecular complexity index is 373. The molecule has 0 saturated carbocycles. The van der Waals surface area contributed by atoms with Crippen LogP contribution in [0.2, 0.25) is 0 Å². The minimum atomic E-state index is 0.372. The fourth-order valence-electron chi connectivity index (χ4n) is 1.92. The van der Waals surface area contributed by atoms with Gasteiger partial charge in [0.25, 0.3) is 0 Å². The minimum absolute atomic E-state index is 0.372. The molecule has 0 bridgehead atoms. The number of aryl methyl sites for hydroxylation is 1. The first kappa shape index (κ1) is 11.6. The molecule has 2 rings (SSSR count). The summed E-state index contributed by atoms with van der Waals surface area (Å²) >= 11 is 2.06. The van der Waals surface area contributed by atoms with Crippen molar-refractivity contribution in [3.05, 3.63) is 17.8 Å². The maximum absolute atomic E-state index is 5.74. The Morgan fingerprint density at radius 2 is 2.44 bits per heavy atom. The monoisotopic (exact) mass is 237 g/mol. The molecule has 3 nitrogen and oxygen atoms in total. The lowest BCUT2D eigenvalue weighted by Crippen LogP contribution is -2.27. The fourth-order valence-corrected chi connectivity index (χ4v) is 3.16. The summed E-state index contributed by atoms with van der Waals surface area (Å²) < 4.78 is 0.372. The summed E-state index contributed by atoms with van der Waals surface area (Å²) in [5.74, 6) is 2.22. The maximum atomic E-state index is 5.74. The van der Waals surface area contributed by atoms with Gasteiger partial charge in [-0.3, -0.25) is 0 Å². The lowest BCUT2D eigenvalue weighted by atomic mass is 10.1. The number of hydrogen-bond acceptors (Lipinski definition) is 4. The highest BCUT2D eigenvalue weighted by atomic mass is 32.2. The number of anilines is 2. The second-order valence-electron chi connectivity index (χ2n) is 4.68. The van der Waals surface area contributed by atoms with Gasteiger partial charge in [-0.15, -0.1) is 0 Å². The van der Waals surface area contributed by atoms with Gasteiger partial charge in [-0.05, 0) is 44.1 Å². The second kappa shape index (κ2) is 4.53. The third-order valence-corrected chi connectivity index (χ3v) is 4.63. The van der Waals surface area contributed by atoms with E-state index in [-0.39, 0.29) is 0 Å². The Kier molecular flexibility index (Phi) is 3.28. The number of thioether (sulfide) groups is 1. The Labute approximate surface area is 101 Å². The first-order valence-electron chi connectivity index (χ1n) is 5.69. The van der Waals surface area contributed by atoms with E-state index in [2.05, 4.69) is 29.0 Å². The number of hydrogen-bond donors (Lipinski definition) is 2. The summed E-state index contributed by atoms with van der Waals surface area (Å²) in [6, 6.07) is 2.01. The van der Waals surface area contributed by atoms with Gasteiger partial charge in [-0.25, -0.2) is 4.98 Å². The van der Waals surface area contributed by atoms with Crippen LogP contribution in [-0.2, 0) is 0 Å². The summed E-state index contributed by atoms with van der Waals surface area (Å²) in [4.78, 5) is 4.29. The predicted octanol–water partition coefficient (Wildman–Crippen LogP) is 2.67. The fraction of sp³-hybridized carbons (Fsp3) is 0.583. The summed E-state index contributed by atoms with van der Waals surface area (Å²) in [5.41, 5.74) is 7.58. The molecular weight excluding hydrogens is 218 g/mol. The molecule has 0 amide bonds. The molecule has 16 heavy (non-hydrogen) atoms. The molecule has 1 unspecified atom stereocenters. The van der Waals surface area contributed by atoms with Crippen molar-refractivity contribution in [1.82, 2.24) is 4.98 Å². The molecule has 0 spiro atoms. The van der Waals surface area contributed by atoms with E-state index in [1.165, 1.54) is 18.6 Å². The van der Waals surface area contributed by atoms with Crippen LogP contribution in [0, 0.1) is 6.92 Å². The maximum Gasteiger partial charge on any atom is 0.126 e. The Morgan fingerprint density at radius 3 is 3.06 bits per heavy atom. The van der Waals surface area contributed by atoms with E-state index in [1.807, 2.05) is 13.0 Å². The molecule has 1 aromatic rings. The first-order chi connectivity index (χ1) is 7.59. The molecule has 4 heteroatoms. The van der Waals surface area contributed by atoms with Crippen LogP contribution in [-0.4, -0.2) is 22.0 Å². The number of nitrogens with two attached hydrogens (primary N) is 1. The SMILES string of the molecule is Cc1cc(NCC2(C)CCCS2)ncc1N. The van der Waals surface area contributed by atoms with Gasteiger partial charge in [-0.2, -0.15) is 11.8 Å². The number of nitrogen functional groups attached to an aromatic ring is 1. The van der Waals surface area contributed by atoms with E-state index >= 15 is 0 Å². The van der Waals surface area contributed by atoms with Gasteiger partial charge in [0.15, 0.2) is 0 Å². The summed E-state index contributed by atoms with van der Waals surface area (Å²) in [6.45, 7) is 5.31. The smallest absolute Gasteiger partial charge is 0.126 e. The van der Waals surface area contributed by atoms with Crippen LogP contribution < -0.4 is 11.1 Å². The van der Waals surface area contributed by atoms with Crippen LogP contribution in [0.25, 0.3) is 0 Å². The van der Waals surface area contributed by atoms with Crippen molar-refractivity contribution in [2.45, 2.75) is 31.4 Å². The van der Waals surface area contributed by atoms with Crippen LogP contribution >= 0.6 is 11.8 Å². The number of rotatable bonds is 3. The van der Waals surface area contributed by atoms with Gasteiger partial charge in [0.05, 0.1) is 11.9 Å². The van der Waals surface area contributed by atoms with E-state index < -0.39 is 0 Å². The third-order valence-electron chi connectivity index (χ3n) is 3.10. The highest BCUT2D eigenvalue weighted by molar-refractivity contribution is 8.00. The Morgan fingerprint density at radius 1 is 1.62 bits per heavy atom. The zero-order valence-corrected chi connectivity index (χ0v) is 10.7. The van der Waals surface area contributed by atoms with Gasteiger partial charge < -0.3 is 11.1 Å². The van der Waals surface area contributed by atoms with Crippen LogP contribution in [0.5, 0.6) is 0 Å². The average molecular weight is 237 g/mol. The molecule has 2 heterocycles. The molecule has 3 N–H and O–H groups in total. The molecular formula is C12H19N3S. The zero-order valence-electron chi connectivity index (χ0n) is 9.92. The highest BCUT2D eigenvalue weighted by Crippen LogP contribution is 2.37. The minimum Gasteiger partial charge on any atom is -0.397 e. The van der Waals surface area contributed by atoms with Gasteiger partial charge in [0.1, 0.15) is 5.82 Å². The lowest BCUT2D eigenvalue weighted by molar-refractivity contribution is 0.634. The molecule has 1 aliphatic heterocycles. The van der Waals surface area contributed by atoms with Crippen molar-refractivity contribution in [2.24, 2.45) is 0 Å². The van der Waals surface area contributed by atoms with Crippen molar-refractivity contribution in [2.75, 3.05) is 23.3 Å². The topological polar surface area (TPSA) is 50.9 Å². The molecule has 0 aromatic carbocycles. The number of pyridine rings is 1. The van der Waals surface area contributed by atoms with E-state index in [1.54, 1.807) is 6.20 Å². The average Bonchev–Trinajstić information content (AvgIpc) is 2.68. The quantitative estimate of drug-likeness (QED) is 0.848. The highest BCUT2D eigenvalue weighted by Gasteiger charge is 2.29. The molecule has 0 radical (unpaired) electrons. The molecule has 1 aliphatic rings. The lowest BCUT2D eigenvalue weighted by Gasteiger charge is -2.23. The van der Waals surface area contributed by atoms with Crippen molar-refractivity contribution < 1.29 is 0 Å². The summed E-state index contributed by atoms with van der Waals surface area (Å²) in [7, 11) is 0. The largest absolute Gasteiger partial charge is 0.397 e. The second-order valence-corrected chi connectivity index (χ2v) is 6.36. The Hall–Kier alpha value is -0.900. The first-order valence-corrected chi connectivity index (χ1v) is 6.68. The van der Waals surface area contributed by atoms with Crippen molar-refractivity contribution in [3.63, 3.8) is 0 Å². The van der Waals surface area contributed by atoms with Gasteiger partial charge in [-0.1, -0.05) is 0 Å². The van der Waals surface area contributed by atoms with Gasteiger partial charge in [0, 0.05) is 11.3 Å². The molecule has 88 valence electrons. The van der Waals surface area contributed by atoms with E-state index in [0.29, 0.717) is 4.75 Å². The van der Waals surface area contributed by atoms with Crippen LogP contribution in [0.4, 0.5) is 11.5 Å². The molecule has 0 aliphatic carbocycles. The normalized spacial score (nSPS) is 24.6. The summed E-state index contributed by atoms with van der Waals surface area (Å²) in [6.07, 6.45) is 4.34. The number of nitrogens with one attached hydrogen (secondary N) is 1. The van der Waals surface area contributed by atoms with Crippen molar-refractivity contribution in [1.29, 1.82) is 0 Å². The third kappa shape index (κ3) is 2.61. The molecule has 1 atom stereocenters. The van der Waals surface area contributed by atoms with E-state index in [9.17, 15) is 0 Å². The van der Waals surface area contributed by atoms with E-state index in [0.717, 1.165) is 23.6 Å². The van der Waals surface area contributed by atoms with E-state index in [4.69, 9.17) is 5.73 Å². The predicted molar refractivity (Wildman–Crippen MR) is 72.0 cm³/mol.